The van der Waals surface area contributed by atoms with Gasteiger partial charge in [0.1, 0.15) is 5.82 Å². The molecule has 0 atom stereocenters. The Hall–Kier alpha value is -2.94. The largest absolute Gasteiger partial charge is 0.296 e. The first-order valence-electron chi connectivity index (χ1n) is 7.85. The average molecular weight is 299 g/mol. The van der Waals surface area contributed by atoms with Gasteiger partial charge in [0, 0.05) is 23.9 Å². The second kappa shape index (κ2) is 5.69. The van der Waals surface area contributed by atoms with Gasteiger partial charge >= 0.3 is 0 Å². The first-order valence-corrected chi connectivity index (χ1v) is 7.85. The summed E-state index contributed by atoms with van der Waals surface area (Å²) in [5.41, 5.74) is 5.36. The van der Waals surface area contributed by atoms with Crippen LogP contribution in [0.5, 0.6) is 0 Å². The Labute approximate surface area is 135 Å². The summed E-state index contributed by atoms with van der Waals surface area (Å²) in [6.45, 7) is 2.14. The van der Waals surface area contributed by atoms with Crippen molar-refractivity contribution in [3.05, 3.63) is 78.8 Å². The molecule has 2 aromatic carbocycles. The first-order chi connectivity index (χ1) is 11.4. The lowest BCUT2D eigenvalue weighted by molar-refractivity contribution is 0.908. The Morgan fingerprint density at radius 3 is 2.48 bits per heavy atom. The van der Waals surface area contributed by atoms with Gasteiger partial charge in [-0.3, -0.25) is 9.55 Å². The summed E-state index contributed by atoms with van der Waals surface area (Å²) >= 11 is 0. The summed E-state index contributed by atoms with van der Waals surface area (Å²) in [6.07, 6.45) is 2.71. The third-order valence-electron chi connectivity index (χ3n) is 4.02. The molecule has 0 bridgehead atoms. The van der Waals surface area contributed by atoms with Crippen LogP contribution in [0.2, 0.25) is 0 Å². The van der Waals surface area contributed by atoms with E-state index in [1.165, 1.54) is 0 Å². The fourth-order valence-electron chi connectivity index (χ4n) is 2.93. The second-order valence-corrected chi connectivity index (χ2v) is 5.47. The van der Waals surface area contributed by atoms with E-state index in [2.05, 4.69) is 58.9 Å². The van der Waals surface area contributed by atoms with Crippen molar-refractivity contribution < 1.29 is 0 Å². The lowest BCUT2D eigenvalue weighted by atomic mass is 10.1. The summed E-state index contributed by atoms with van der Waals surface area (Å²) < 4.78 is 2.23. The molecule has 0 aliphatic carbocycles. The van der Waals surface area contributed by atoms with Gasteiger partial charge in [0.2, 0.25) is 0 Å². The van der Waals surface area contributed by atoms with Crippen LogP contribution < -0.4 is 0 Å². The standard InChI is InChI=1S/C20H17N3/c1-2-20-22-18-14-15(17-10-6-7-13-21-17)11-12-19(18)23(20)16-8-4-3-5-9-16/h3-14H,2H2,1H3. The van der Waals surface area contributed by atoms with Crippen LogP contribution >= 0.6 is 0 Å². The zero-order chi connectivity index (χ0) is 15.6. The molecule has 4 aromatic rings. The van der Waals surface area contributed by atoms with Crippen LogP contribution in [0.3, 0.4) is 0 Å². The van der Waals surface area contributed by atoms with Crippen LogP contribution in [-0.4, -0.2) is 14.5 Å². The average Bonchev–Trinajstić information content (AvgIpc) is 3.01. The van der Waals surface area contributed by atoms with Crippen molar-refractivity contribution in [3.8, 4) is 16.9 Å². The minimum atomic E-state index is 0.891. The highest BCUT2D eigenvalue weighted by atomic mass is 15.1. The van der Waals surface area contributed by atoms with Gasteiger partial charge in [0.25, 0.3) is 0 Å². The molecule has 23 heavy (non-hydrogen) atoms. The SMILES string of the molecule is CCc1nc2cc(-c3ccccn3)ccc2n1-c1ccccc1. The lowest BCUT2D eigenvalue weighted by Crippen LogP contribution is -1.99. The number of hydrogen-bond acceptors (Lipinski definition) is 2. The van der Waals surface area contributed by atoms with Gasteiger partial charge < -0.3 is 0 Å². The van der Waals surface area contributed by atoms with Gasteiger partial charge in [-0.2, -0.15) is 0 Å². The molecule has 2 aromatic heterocycles. The molecule has 0 fully saturated rings. The van der Waals surface area contributed by atoms with Crippen molar-refractivity contribution in [2.75, 3.05) is 0 Å². The number of pyridine rings is 1. The molecule has 3 nitrogen and oxygen atoms in total. The number of benzene rings is 2. The fraction of sp³-hybridized carbons (Fsp3) is 0.100. The molecule has 0 aliphatic heterocycles. The molecule has 0 spiro atoms. The Bertz CT molecular complexity index is 941. The van der Waals surface area contributed by atoms with Crippen LogP contribution in [-0.2, 0) is 6.42 Å². The molecule has 0 N–H and O–H groups in total. The van der Waals surface area contributed by atoms with Gasteiger partial charge in [-0.15, -0.1) is 0 Å². The first kappa shape index (κ1) is 13.7. The number of imidazole rings is 1. The molecule has 0 aliphatic rings. The number of aromatic nitrogens is 3. The van der Waals surface area contributed by atoms with E-state index in [0.29, 0.717) is 0 Å². The van der Waals surface area contributed by atoms with Gasteiger partial charge in [-0.1, -0.05) is 37.3 Å². The topological polar surface area (TPSA) is 30.7 Å². The van der Waals surface area contributed by atoms with E-state index in [1.54, 1.807) is 0 Å². The van der Waals surface area contributed by atoms with Crippen LogP contribution in [0.15, 0.2) is 72.9 Å². The number of hydrogen-bond donors (Lipinski definition) is 0. The number of fused-ring (bicyclic) bond motifs is 1. The smallest absolute Gasteiger partial charge is 0.114 e. The Balaban J connectivity index is 1.92. The van der Waals surface area contributed by atoms with E-state index in [4.69, 9.17) is 4.98 Å². The molecule has 0 saturated carbocycles. The molecule has 2 heterocycles. The molecule has 0 unspecified atom stereocenters. The van der Waals surface area contributed by atoms with Crippen molar-refractivity contribution in [1.29, 1.82) is 0 Å². The third-order valence-corrected chi connectivity index (χ3v) is 4.02. The summed E-state index contributed by atoms with van der Waals surface area (Å²) in [4.78, 5) is 9.26. The molecule has 4 rings (SSSR count). The predicted molar refractivity (Wildman–Crippen MR) is 93.7 cm³/mol. The Kier molecular flexibility index (Phi) is 3.39. The third kappa shape index (κ3) is 2.40. The zero-order valence-electron chi connectivity index (χ0n) is 13.0. The minimum Gasteiger partial charge on any atom is -0.296 e. The Morgan fingerprint density at radius 1 is 0.913 bits per heavy atom. The minimum absolute atomic E-state index is 0.891. The molecular formula is C20H17N3. The van der Waals surface area contributed by atoms with Gasteiger partial charge in [-0.05, 0) is 36.4 Å². The highest BCUT2D eigenvalue weighted by Gasteiger charge is 2.12. The van der Waals surface area contributed by atoms with Crippen molar-refractivity contribution in [2.45, 2.75) is 13.3 Å². The van der Waals surface area contributed by atoms with Crippen molar-refractivity contribution in [3.63, 3.8) is 0 Å². The molecule has 112 valence electrons. The molecule has 0 amide bonds. The highest BCUT2D eigenvalue weighted by Crippen LogP contribution is 2.26. The predicted octanol–water partition coefficient (Wildman–Crippen LogP) is 4.65. The van der Waals surface area contributed by atoms with Gasteiger partial charge in [0.05, 0.1) is 16.7 Å². The monoisotopic (exact) mass is 299 g/mol. The van der Waals surface area contributed by atoms with Crippen molar-refractivity contribution >= 4 is 11.0 Å². The fourth-order valence-corrected chi connectivity index (χ4v) is 2.93. The van der Waals surface area contributed by atoms with Crippen LogP contribution in [0, 0.1) is 0 Å². The normalized spacial score (nSPS) is 11.0. The van der Waals surface area contributed by atoms with Crippen molar-refractivity contribution in [1.82, 2.24) is 14.5 Å². The molecular weight excluding hydrogens is 282 g/mol. The maximum Gasteiger partial charge on any atom is 0.114 e. The molecule has 0 saturated heterocycles. The quantitative estimate of drug-likeness (QED) is 0.551. The van der Waals surface area contributed by atoms with Crippen LogP contribution in [0.1, 0.15) is 12.7 Å². The second-order valence-electron chi connectivity index (χ2n) is 5.47. The Morgan fingerprint density at radius 2 is 1.74 bits per heavy atom. The van der Waals surface area contributed by atoms with E-state index >= 15 is 0 Å². The maximum atomic E-state index is 4.83. The number of aryl methyl sites for hydroxylation is 1. The number of nitrogens with zero attached hydrogens (tertiary/aromatic N) is 3. The molecule has 3 heteroatoms. The summed E-state index contributed by atoms with van der Waals surface area (Å²) in [5, 5.41) is 0. The maximum absolute atomic E-state index is 4.83. The van der Waals surface area contributed by atoms with Gasteiger partial charge in [-0.25, -0.2) is 4.98 Å². The van der Waals surface area contributed by atoms with E-state index in [1.807, 2.05) is 30.5 Å². The highest BCUT2D eigenvalue weighted by molar-refractivity contribution is 5.83. The number of rotatable bonds is 3. The van der Waals surface area contributed by atoms with E-state index in [0.717, 1.165) is 40.2 Å². The summed E-state index contributed by atoms with van der Waals surface area (Å²) in [7, 11) is 0. The zero-order valence-corrected chi connectivity index (χ0v) is 13.0. The van der Waals surface area contributed by atoms with E-state index in [9.17, 15) is 0 Å². The van der Waals surface area contributed by atoms with Crippen molar-refractivity contribution in [2.24, 2.45) is 0 Å². The molecule has 0 radical (unpaired) electrons. The van der Waals surface area contributed by atoms with E-state index < -0.39 is 0 Å². The van der Waals surface area contributed by atoms with Crippen LogP contribution in [0.4, 0.5) is 0 Å². The summed E-state index contributed by atoms with van der Waals surface area (Å²) in [6, 6.07) is 22.7. The van der Waals surface area contributed by atoms with E-state index in [-0.39, 0.29) is 0 Å². The van der Waals surface area contributed by atoms with Crippen LogP contribution in [0.25, 0.3) is 28.0 Å². The number of para-hydroxylation sites is 1. The summed E-state index contributed by atoms with van der Waals surface area (Å²) in [5.74, 6) is 1.07. The lowest BCUT2D eigenvalue weighted by Gasteiger charge is -2.08. The van der Waals surface area contributed by atoms with Gasteiger partial charge in [0.15, 0.2) is 0 Å².